The van der Waals surface area contributed by atoms with Crippen molar-refractivity contribution in [1.82, 2.24) is 0 Å². The molecule has 3 aliphatic carbocycles. The van der Waals surface area contributed by atoms with Crippen LogP contribution in [0.2, 0.25) is 0 Å². The van der Waals surface area contributed by atoms with E-state index < -0.39 is 11.3 Å². The van der Waals surface area contributed by atoms with Crippen molar-refractivity contribution in [2.45, 2.75) is 52.4 Å². The van der Waals surface area contributed by atoms with Crippen LogP contribution in [0, 0.1) is 21.7 Å². The van der Waals surface area contributed by atoms with E-state index in [-0.39, 0.29) is 11.3 Å². The maximum absolute atomic E-state index is 12.2. The molecular weight excluding hydrogens is 218 g/mol. The predicted octanol–water partition coefficient (Wildman–Crippen LogP) is 2.85. The van der Waals surface area contributed by atoms with E-state index in [9.17, 15) is 14.5 Å². The van der Waals surface area contributed by atoms with E-state index in [1.54, 1.807) is 0 Å². The van der Waals surface area contributed by atoms with Crippen molar-refractivity contribution in [2.75, 3.05) is 0 Å². The Morgan fingerprint density at radius 3 is 1.71 bits per heavy atom. The van der Waals surface area contributed by atoms with Crippen molar-refractivity contribution < 1.29 is 9.59 Å². The third-order valence-corrected chi connectivity index (χ3v) is 4.83. The number of fused-ring (bicyclic) bond motifs is 3. The van der Waals surface area contributed by atoms with E-state index in [2.05, 4.69) is 5.18 Å². The van der Waals surface area contributed by atoms with E-state index in [0.29, 0.717) is 25.0 Å². The second kappa shape index (κ2) is 4.00. The van der Waals surface area contributed by atoms with E-state index in [4.69, 9.17) is 0 Å². The van der Waals surface area contributed by atoms with Gasteiger partial charge in [0.05, 0.1) is 5.41 Å². The van der Waals surface area contributed by atoms with Gasteiger partial charge in [-0.05, 0) is 38.5 Å². The Hall–Kier alpha value is -1.06. The number of carbonyl (C=O) groups excluding carboxylic acids is 2. The lowest BCUT2D eigenvalue weighted by atomic mass is 9.51. The fraction of sp³-hybridized carbons (Fsp3) is 0.846. The lowest BCUT2D eigenvalue weighted by Crippen LogP contribution is -2.49. The molecule has 0 atom stereocenters. The number of hydrogen-bond acceptors (Lipinski definition) is 3. The third kappa shape index (κ3) is 1.74. The van der Waals surface area contributed by atoms with E-state index >= 15 is 0 Å². The molecule has 17 heavy (non-hydrogen) atoms. The van der Waals surface area contributed by atoms with Gasteiger partial charge >= 0.3 is 0 Å². The smallest absolute Gasteiger partial charge is 0.292 e. The highest BCUT2D eigenvalue weighted by Gasteiger charge is 2.55. The first-order valence-corrected chi connectivity index (χ1v) is 6.38. The highest BCUT2D eigenvalue weighted by atomic mass is 16.3. The average molecular weight is 237 g/mol. The molecule has 0 aromatic carbocycles. The molecule has 0 unspecified atom stereocenters. The summed E-state index contributed by atoms with van der Waals surface area (Å²) in [5, 5.41) is 2.61. The SMILES string of the molecule is CC(C)C(=O)C12CCC(C(=O)N=O)(CC1)CC2. The summed E-state index contributed by atoms with van der Waals surface area (Å²) in [5.41, 5.74) is -0.736. The predicted molar refractivity (Wildman–Crippen MR) is 63.2 cm³/mol. The summed E-state index contributed by atoms with van der Waals surface area (Å²) in [4.78, 5) is 34.3. The van der Waals surface area contributed by atoms with E-state index in [1.165, 1.54) is 0 Å². The summed E-state index contributed by atoms with van der Waals surface area (Å²) in [6.45, 7) is 3.87. The molecule has 0 N–H and O–H groups in total. The van der Waals surface area contributed by atoms with Crippen LogP contribution in [0.25, 0.3) is 0 Å². The van der Waals surface area contributed by atoms with Gasteiger partial charge in [0, 0.05) is 16.5 Å². The molecule has 2 bridgehead atoms. The first kappa shape index (κ1) is 12.4. The highest BCUT2D eigenvalue weighted by molar-refractivity contribution is 5.89. The molecule has 0 spiro atoms. The molecule has 3 fully saturated rings. The molecule has 4 nitrogen and oxygen atoms in total. The molecule has 0 aliphatic heterocycles. The Balaban J connectivity index is 2.17. The highest BCUT2D eigenvalue weighted by Crippen LogP contribution is 2.58. The normalized spacial score (nSPS) is 35.9. The summed E-state index contributed by atoms with van der Waals surface area (Å²) >= 11 is 0. The van der Waals surface area contributed by atoms with Crippen molar-refractivity contribution in [3.8, 4) is 0 Å². The van der Waals surface area contributed by atoms with Crippen molar-refractivity contribution in [3.05, 3.63) is 4.91 Å². The Bertz CT molecular complexity index is 348. The van der Waals surface area contributed by atoms with Gasteiger partial charge in [0.25, 0.3) is 5.91 Å². The number of nitrogens with zero attached hydrogens (tertiary/aromatic N) is 1. The van der Waals surface area contributed by atoms with Crippen molar-refractivity contribution >= 4 is 11.7 Å². The van der Waals surface area contributed by atoms with Gasteiger partial charge in [-0.1, -0.05) is 13.8 Å². The van der Waals surface area contributed by atoms with Gasteiger partial charge in [-0.2, -0.15) is 0 Å². The lowest BCUT2D eigenvalue weighted by Gasteiger charge is -2.51. The van der Waals surface area contributed by atoms with Crippen LogP contribution in [-0.2, 0) is 9.59 Å². The quantitative estimate of drug-likeness (QED) is 0.709. The van der Waals surface area contributed by atoms with Crippen LogP contribution in [0.4, 0.5) is 0 Å². The fourth-order valence-electron chi connectivity index (χ4n) is 3.59. The monoisotopic (exact) mass is 237 g/mol. The summed E-state index contributed by atoms with van der Waals surface area (Å²) in [6, 6.07) is 0. The summed E-state index contributed by atoms with van der Waals surface area (Å²) in [5.74, 6) is -0.111. The molecule has 0 aromatic rings. The van der Waals surface area contributed by atoms with E-state index in [1.807, 2.05) is 13.8 Å². The number of hydrogen-bond donors (Lipinski definition) is 0. The zero-order valence-corrected chi connectivity index (χ0v) is 10.5. The first-order chi connectivity index (χ1) is 7.96. The molecule has 94 valence electrons. The maximum Gasteiger partial charge on any atom is 0.292 e. The average Bonchev–Trinajstić information content (AvgIpc) is 2.38. The maximum atomic E-state index is 12.2. The van der Waals surface area contributed by atoms with Crippen molar-refractivity contribution in [2.24, 2.45) is 21.9 Å². The van der Waals surface area contributed by atoms with Gasteiger partial charge in [-0.25, -0.2) is 0 Å². The van der Waals surface area contributed by atoms with Gasteiger partial charge < -0.3 is 0 Å². The molecule has 3 rings (SSSR count). The zero-order valence-electron chi connectivity index (χ0n) is 10.5. The zero-order chi connectivity index (χ0) is 12.7. The second-order valence-corrected chi connectivity index (χ2v) is 5.98. The topological polar surface area (TPSA) is 63.6 Å². The number of carbonyl (C=O) groups is 2. The number of Topliss-reactive ketones (excluding diaryl/α,β-unsaturated/α-hetero) is 1. The van der Waals surface area contributed by atoms with Crippen LogP contribution >= 0.6 is 0 Å². The number of amides is 1. The third-order valence-electron chi connectivity index (χ3n) is 4.83. The minimum absolute atomic E-state index is 0.0560. The van der Waals surface area contributed by atoms with Crippen LogP contribution in [0.3, 0.4) is 0 Å². The Labute approximate surface area is 101 Å². The Morgan fingerprint density at radius 1 is 0.941 bits per heavy atom. The minimum Gasteiger partial charge on any atom is -0.299 e. The van der Waals surface area contributed by atoms with Crippen LogP contribution in [0.1, 0.15) is 52.4 Å². The molecule has 0 heterocycles. The fourth-order valence-corrected chi connectivity index (χ4v) is 3.59. The van der Waals surface area contributed by atoms with Gasteiger partial charge in [0.1, 0.15) is 5.78 Å². The van der Waals surface area contributed by atoms with Crippen LogP contribution in [0.5, 0.6) is 0 Å². The largest absolute Gasteiger partial charge is 0.299 e. The number of nitroso groups, excluding NO2 is 1. The standard InChI is InChI=1S/C13H19NO3/c1-9(2)10(15)12-3-6-13(7-4-12,8-5-12)11(16)14-17/h9H,3-8H2,1-2H3. The summed E-state index contributed by atoms with van der Waals surface area (Å²) in [6.07, 6.45) is 4.25. The minimum atomic E-state index is -0.527. The summed E-state index contributed by atoms with van der Waals surface area (Å²) < 4.78 is 0. The van der Waals surface area contributed by atoms with Crippen LogP contribution in [0.15, 0.2) is 5.18 Å². The molecule has 0 aromatic heterocycles. The van der Waals surface area contributed by atoms with Crippen LogP contribution in [-0.4, -0.2) is 11.7 Å². The molecule has 0 radical (unpaired) electrons. The van der Waals surface area contributed by atoms with Gasteiger partial charge in [-0.3, -0.25) is 9.59 Å². The molecule has 3 saturated carbocycles. The number of ketones is 1. The lowest BCUT2D eigenvalue weighted by molar-refractivity contribution is -0.149. The molecule has 3 aliphatic rings. The van der Waals surface area contributed by atoms with Crippen molar-refractivity contribution in [1.29, 1.82) is 0 Å². The second-order valence-electron chi connectivity index (χ2n) is 5.98. The molecule has 0 saturated heterocycles. The molecule has 1 amide bonds. The first-order valence-electron chi connectivity index (χ1n) is 6.38. The Kier molecular flexibility index (Phi) is 2.92. The van der Waals surface area contributed by atoms with Crippen molar-refractivity contribution in [3.63, 3.8) is 0 Å². The van der Waals surface area contributed by atoms with Gasteiger partial charge in [-0.15, -0.1) is 4.91 Å². The number of rotatable bonds is 3. The summed E-state index contributed by atoms with van der Waals surface area (Å²) in [7, 11) is 0. The van der Waals surface area contributed by atoms with Crippen LogP contribution < -0.4 is 0 Å². The van der Waals surface area contributed by atoms with Gasteiger partial charge in [0.15, 0.2) is 0 Å². The molecular formula is C13H19NO3. The molecule has 4 heteroatoms. The Morgan fingerprint density at radius 2 is 1.35 bits per heavy atom. The van der Waals surface area contributed by atoms with E-state index in [0.717, 1.165) is 19.3 Å². The van der Waals surface area contributed by atoms with Gasteiger partial charge in [0.2, 0.25) is 0 Å².